The van der Waals surface area contributed by atoms with Crippen LogP contribution in [-0.2, 0) is 0 Å². The monoisotopic (exact) mass is 264 g/mol. The second kappa shape index (κ2) is 6.80. The lowest BCUT2D eigenvalue weighted by Gasteiger charge is -2.33. The SMILES string of the molecule is COc1cccc(N(CC(C)C)C(C)C)c1[C@@H](C)N. The normalized spacial score (nSPS) is 12.9. The van der Waals surface area contributed by atoms with Crippen LogP contribution in [0.1, 0.15) is 46.2 Å². The molecule has 0 saturated heterocycles. The lowest BCUT2D eigenvalue weighted by atomic mass is 10.0. The van der Waals surface area contributed by atoms with Crippen molar-refractivity contribution in [2.75, 3.05) is 18.6 Å². The number of methoxy groups -OCH3 is 1. The maximum Gasteiger partial charge on any atom is 0.125 e. The van der Waals surface area contributed by atoms with E-state index in [9.17, 15) is 0 Å². The van der Waals surface area contributed by atoms with Crippen LogP contribution in [0.5, 0.6) is 5.75 Å². The lowest BCUT2D eigenvalue weighted by molar-refractivity contribution is 0.406. The fourth-order valence-corrected chi connectivity index (χ4v) is 2.40. The summed E-state index contributed by atoms with van der Waals surface area (Å²) in [5.74, 6) is 1.48. The largest absolute Gasteiger partial charge is 0.496 e. The van der Waals surface area contributed by atoms with Gasteiger partial charge in [-0.2, -0.15) is 0 Å². The third-order valence-corrected chi connectivity index (χ3v) is 3.21. The van der Waals surface area contributed by atoms with Crippen molar-refractivity contribution in [2.45, 2.75) is 46.7 Å². The molecule has 1 rings (SSSR count). The summed E-state index contributed by atoms with van der Waals surface area (Å²) in [6.07, 6.45) is 0. The molecule has 0 saturated carbocycles. The van der Waals surface area contributed by atoms with Crippen LogP contribution in [0.2, 0.25) is 0 Å². The third-order valence-electron chi connectivity index (χ3n) is 3.21. The Morgan fingerprint density at radius 1 is 1.16 bits per heavy atom. The first-order valence-electron chi connectivity index (χ1n) is 7.07. The molecule has 2 N–H and O–H groups in total. The van der Waals surface area contributed by atoms with Gasteiger partial charge in [0.15, 0.2) is 0 Å². The first-order chi connectivity index (χ1) is 8.88. The van der Waals surface area contributed by atoms with Crippen LogP contribution in [0, 0.1) is 5.92 Å². The molecule has 3 heteroatoms. The summed E-state index contributed by atoms with van der Waals surface area (Å²) in [6.45, 7) is 11.9. The van der Waals surface area contributed by atoms with Crippen molar-refractivity contribution in [3.05, 3.63) is 23.8 Å². The molecule has 3 nitrogen and oxygen atoms in total. The van der Waals surface area contributed by atoms with Gasteiger partial charge < -0.3 is 15.4 Å². The van der Waals surface area contributed by atoms with Gasteiger partial charge in [-0.05, 0) is 38.8 Å². The molecule has 0 radical (unpaired) electrons. The number of nitrogens with two attached hydrogens (primary N) is 1. The maximum atomic E-state index is 6.15. The molecule has 108 valence electrons. The average molecular weight is 264 g/mol. The van der Waals surface area contributed by atoms with Crippen molar-refractivity contribution in [1.82, 2.24) is 0 Å². The first kappa shape index (κ1) is 15.8. The van der Waals surface area contributed by atoms with Crippen molar-refractivity contribution < 1.29 is 4.74 Å². The van der Waals surface area contributed by atoms with Crippen molar-refractivity contribution >= 4 is 5.69 Å². The lowest BCUT2D eigenvalue weighted by Crippen LogP contribution is -2.35. The zero-order valence-corrected chi connectivity index (χ0v) is 13.1. The van der Waals surface area contributed by atoms with Gasteiger partial charge in [0, 0.05) is 29.9 Å². The smallest absolute Gasteiger partial charge is 0.125 e. The number of anilines is 1. The van der Waals surface area contributed by atoms with E-state index in [-0.39, 0.29) is 6.04 Å². The van der Waals surface area contributed by atoms with Gasteiger partial charge in [0.05, 0.1) is 7.11 Å². The molecular formula is C16H28N2O. The molecule has 19 heavy (non-hydrogen) atoms. The fourth-order valence-electron chi connectivity index (χ4n) is 2.40. The van der Waals surface area contributed by atoms with Gasteiger partial charge in [0.1, 0.15) is 5.75 Å². The van der Waals surface area contributed by atoms with Gasteiger partial charge in [0.25, 0.3) is 0 Å². The fraction of sp³-hybridized carbons (Fsp3) is 0.625. The Kier molecular flexibility index (Phi) is 5.67. The van der Waals surface area contributed by atoms with E-state index < -0.39 is 0 Å². The average Bonchev–Trinajstić information content (AvgIpc) is 2.34. The quantitative estimate of drug-likeness (QED) is 0.853. The number of hydrogen-bond donors (Lipinski definition) is 1. The van der Waals surface area contributed by atoms with Crippen LogP contribution in [-0.4, -0.2) is 19.7 Å². The van der Waals surface area contributed by atoms with Crippen molar-refractivity contribution in [3.8, 4) is 5.75 Å². The highest BCUT2D eigenvalue weighted by Gasteiger charge is 2.20. The highest BCUT2D eigenvalue weighted by Crippen LogP contribution is 2.34. The molecule has 0 aliphatic heterocycles. The predicted molar refractivity (Wildman–Crippen MR) is 82.9 cm³/mol. The molecular weight excluding hydrogens is 236 g/mol. The summed E-state index contributed by atoms with van der Waals surface area (Å²) < 4.78 is 5.48. The second-order valence-electron chi connectivity index (χ2n) is 5.82. The Morgan fingerprint density at radius 3 is 2.21 bits per heavy atom. The van der Waals surface area contributed by atoms with Gasteiger partial charge in [-0.3, -0.25) is 0 Å². The van der Waals surface area contributed by atoms with E-state index in [0.29, 0.717) is 12.0 Å². The van der Waals surface area contributed by atoms with E-state index in [1.54, 1.807) is 7.11 Å². The molecule has 0 unspecified atom stereocenters. The summed E-state index contributed by atoms with van der Waals surface area (Å²) in [4.78, 5) is 2.41. The van der Waals surface area contributed by atoms with Crippen LogP contribution in [0.3, 0.4) is 0 Å². The summed E-state index contributed by atoms with van der Waals surface area (Å²) in [6, 6.07) is 6.56. The van der Waals surface area contributed by atoms with Crippen LogP contribution < -0.4 is 15.4 Å². The van der Waals surface area contributed by atoms with Gasteiger partial charge in [-0.15, -0.1) is 0 Å². The zero-order valence-electron chi connectivity index (χ0n) is 13.1. The number of nitrogens with zero attached hydrogens (tertiary/aromatic N) is 1. The van der Waals surface area contributed by atoms with E-state index in [4.69, 9.17) is 10.5 Å². The van der Waals surface area contributed by atoms with Gasteiger partial charge in [0.2, 0.25) is 0 Å². The van der Waals surface area contributed by atoms with Gasteiger partial charge >= 0.3 is 0 Å². The molecule has 1 atom stereocenters. The topological polar surface area (TPSA) is 38.5 Å². The number of hydrogen-bond acceptors (Lipinski definition) is 3. The molecule has 1 aromatic carbocycles. The molecule has 0 aliphatic carbocycles. The first-order valence-corrected chi connectivity index (χ1v) is 7.07. The molecule has 0 heterocycles. The third kappa shape index (κ3) is 3.87. The molecule has 0 aliphatic rings. The summed E-state index contributed by atoms with van der Waals surface area (Å²) >= 11 is 0. The summed E-state index contributed by atoms with van der Waals surface area (Å²) in [5, 5.41) is 0. The molecule has 0 bridgehead atoms. The molecule has 1 aromatic rings. The van der Waals surface area contributed by atoms with E-state index in [2.05, 4.69) is 38.7 Å². The minimum absolute atomic E-state index is 0.0421. The zero-order chi connectivity index (χ0) is 14.6. The van der Waals surface area contributed by atoms with E-state index >= 15 is 0 Å². The molecule has 0 aromatic heterocycles. The highest BCUT2D eigenvalue weighted by molar-refractivity contribution is 5.61. The van der Waals surface area contributed by atoms with Crippen LogP contribution in [0.4, 0.5) is 5.69 Å². The Labute approximate surface area is 117 Å². The standard InChI is InChI=1S/C16H28N2O/c1-11(2)10-18(12(3)4)14-8-7-9-15(19-6)16(14)13(5)17/h7-9,11-13H,10,17H2,1-6H3/t13-/m1/s1. The van der Waals surface area contributed by atoms with Crippen LogP contribution in [0.15, 0.2) is 18.2 Å². The van der Waals surface area contributed by atoms with Crippen molar-refractivity contribution in [2.24, 2.45) is 11.7 Å². The summed E-state index contributed by atoms with van der Waals surface area (Å²) in [7, 11) is 1.70. The number of rotatable bonds is 6. The number of ether oxygens (including phenoxy) is 1. The maximum absolute atomic E-state index is 6.15. The van der Waals surface area contributed by atoms with E-state index in [0.717, 1.165) is 17.9 Å². The Balaban J connectivity index is 3.29. The minimum atomic E-state index is -0.0421. The highest BCUT2D eigenvalue weighted by atomic mass is 16.5. The van der Waals surface area contributed by atoms with Crippen LogP contribution in [0.25, 0.3) is 0 Å². The minimum Gasteiger partial charge on any atom is -0.496 e. The Morgan fingerprint density at radius 2 is 1.79 bits per heavy atom. The molecule has 0 amide bonds. The van der Waals surface area contributed by atoms with Crippen molar-refractivity contribution in [1.29, 1.82) is 0 Å². The van der Waals surface area contributed by atoms with Crippen molar-refractivity contribution in [3.63, 3.8) is 0 Å². The molecule has 0 fully saturated rings. The van der Waals surface area contributed by atoms with Gasteiger partial charge in [-0.1, -0.05) is 19.9 Å². The molecule has 0 spiro atoms. The summed E-state index contributed by atoms with van der Waals surface area (Å²) in [5.41, 5.74) is 8.44. The predicted octanol–water partition coefficient (Wildman–Crippen LogP) is 3.59. The Bertz CT molecular complexity index is 400. The van der Waals surface area contributed by atoms with Crippen LogP contribution >= 0.6 is 0 Å². The van der Waals surface area contributed by atoms with E-state index in [1.807, 2.05) is 19.1 Å². The second-order valence-corrected chi connectivity index (χ2v) is 5.82. The van der Waals surface area contributed by atoms with E-state index in [1.165, 1.54) is 5.69 Å². The Hall–Kier alpha value is -1.22. The number of benzene rings is 1. The van der Waals surface area contributed by atoms with Gasteiger partial charge in [-0.25, -0.2) is 0 Å².